The number of nitrogens with zero attached hydrogens (tertiary/aromatic N) is 9. The van der Waals surface area contributed by atoms with Crippen LogP contribution in [-0.2, 0) is 73.6 Å². The maximum Gasteiger partial charge on any atom is 0.526 e. The topological polar surface area (TPSA) is 667 Å². The standard InChI is InChI=1S/C23H30BN5O5S.C21H22BN5O8S.2C21H28BN3O8/c1-13(30)17-4-2-3-15-9-16(24(33)34-21(15)17)10-19(31)20(18-12-35-22(26)27-18)28-23(32)29-7-5-14(11-25)6-8-29;1-10(28)13-4-2-3-11-7-12(22(33)35-17(11)13)8-15(29)16(14-9-36-20(23)24-14)25-21(32)26-5-6-27(34)19(31)18(26)30;2*1-3-24-7-8-25(20(30)19(24)29)21(31)23-17(16(28)11-26)15(27)10-14-9-13-6-4-5-12(2)18(13)33-22(14)32/h2-4,12,14,16,20,33H,5-11,25H2,1H3,(H2,26,27)(H,28,32);2-4,9,12,16,33-34H,5-8H2,1H3,(H2,23,24)(H,25,32);2*4-6,14,16-17,26,28,32H,3,7-11H2,1-2H3,(H,23,31)/t16-,20?;12-,16?;14-,16-,17+;14-,16-,17-/m1111/s1. The third-order valence-electron chi connectivity index (χ3n) is 24.7. The Kier molecular flexibility index (Phi) is 35.9. The number of hydrogen-bond acceptors (Lipinski definition) is 36. The second kappa shape index (κ2) is 46.9. The molecule has 45 nitrogen and oxygen atoms in total. The fourth-order valence-electron chi connectivity index (χ4n) is 16.9. The zero-order valence-corrected chi connectivity index (χ0v) is 77.4. The number of likely N-dealkylation sites (N-methyl/N-ethyl adjacent to an activating group) is 2. The van der Waals surface area contributed by atoms with Gasteiger partial charge in [-0.25, -0.2) is 34.2 Å². The number of anilines is 2. The number of nitrogens with one attached hydrogen (secondary N) is 4. The van der Waals surface area contributed by atoms with E-state index in [-0.39, 0.29) is 116 Å². The molecule has 0 aliphatic carbocycles. The van der Waals surface area contributed by atoms with E-state index in [1.807, 2.05) is 56.3 Å². The van der Waals surface area contributed by atoms with Crippen LogP contribution in [0.5, 0.6) is 23.0 Å². The molecule has 8 aliphatic rings. The molecule has 4 fully saturated rings. The number of rotatable bonds is 27. The van der Waals surface area contributed by atoms with Crippen molar-refractivity contribution in [2.24, 2.45) is 11.7 Å². The Balaban J connectivity index is 0.000000175. The Morgan fingerprint density at radius 1 is 0.453 bits per heavy atom. The minimum absolute atomic E-state index is 0.0530. The van der Waals surface area contributed by atoms with Crippen molar-refractivity contribution in [1.29, 1.82) is 0 Å². The third-order valence-corrected chi connectivity index (χ3v) is 26.1. The first kappa shape index (κ1) is 105. The number of thiazole rings is 2. The number of hydrogen-bond donors (Lipinski definition) is 16. The lowest BCUT2D eigenvalue weighted by Crippen LogP contribution is -2.61. The van der Waals surface area contributed by atoms with E-state index in [1.54, 1.807) is 54.5 Å². The number of Topliss-reactive ketones (excluding diaryl/α,β-unsaturated/α-hetero) is 6. The van der Waals surface area contributed by atoms with Crippen LogP contribution in [0.3, 0.4) is 0 Å². The number of urea groups is 4. The lowest BCUT2D eigenvalue weighted by atomic mass is 9.64. The second-order valence-corrected chi connectivity index (χ2v) is 35.8. The molecule has 2 aromatic heterocycles. The van der Waals surface area contributed by atoms with Crippen LogP contribution in [0.15, 0.2) is 83.6 Å². The molecule has 0 radical (unpaired) electrons. The Hall–Kier alpha value is -12.7. The van der Waals surface area contributed by atoms with Gasteiger partial charge in [0.1, 0.15) is 59.4 Å². The molecule has 730 valence electrons. The van der Waals surface area contributed by atoms with Gasteiger partial charge in [-0.3, -0.25) is 77.4 Å². The molecular weight excluding hydrogens is 1830 g/mol. The van der Waals surface area contributed by atoms with E-state index in [0.29, 0.717) is 117 Å². The van der Waals surface area contributed by atoms with Gasteiger partial charge in [0.15, 0.2) is 45.0 Å². The number of ketones is 6. The second-order valence-electron chi connectivity index (χ2n) is 34.0. The zero-order valence-electron chi connectivity index (χ0n) is 75.8. The first-order valence-electron chi connectivity index (χ1n) is 44.3. The molecule has 10 heterocycles. The van der Waals surface area contributed by atoms with E-state index in [9.17, 15) is 122 Å². The summed E-state index contributed by atoms with van der Waals surface area (Å²) in [5, 5.41) is 104. The van der Waals surface area contributed by atoms with Crippen molar-refractivity contribution in [2.75, 3.05) is 96.7 Å². The molecule has 137 heavy (non-hydrogen) atoms. The van der Waals surface area contributed by atoms with Gasteiger partial charge < -0.3 is 112 Å². The van der Waals surface area contributed by atoms with Crippen molar-refractivity contribution in [3.05, 3.63) is 139 Å². The summed E-state index contributed by atoms with van der Waals surface area (Å²) in [6, 6.07) is 12.4. The van der Waals surface area contributed by atoms with Crippen LogP contribution in [0.4, 0.5) is 29.4 Å². The third kappa shape index (κ3) is 25.2. The van der Waals surface area contributed by atoms with E-state index in [2.05, 4.69) is 31.2 Å². The zero-order chi connectivity index (χ0) is 99.8. The fraction of sp³-hybridized carbons (Fsp3) is 0.465. The molecule has 0 bridgehead atoms. The number of carbonyl (C=O) groups is 16. The first-order chi connectivity index (χ1) is 65.2. The summed E-state index contributed by atoms with van der Waals surface area (Å²) in [4.78, 5) is 215. The Bertz CT molecular complexity index is 5410. The number of amides is 14. The minimum atomic E-state index is -1.64. The van der Waals surface area contributed by atoms with Crippen LogP contribution in [0.1, 0.15) is 144 Å². The molecule has 0 saturated carbocycles. The quantitative estimate of drug-likeness (QED) is 0.0136. The molecule has 14 amide bonds. The molecule has 6 aromatic rings. The average molecular weight is 1940 g/mol. The van der Waals surface area contributed by atoms with Crippen molar-refractivity contribution in [3.8, 4) is 23.0 Å². The van der Waals surface area contributed by atoms with Gasteiger partial charge in [0, 0.05) is 112 Å². The number of imide groups is 3. The lowest BCUT2D eigenvalue weighted by Gasteiger charge is -2.33. The highest BCUT2D eigenvalue weighted by molar-refractivity contribution is 7.13. The summed E-state index contributed by atoms with van der Waals surface area (Å²) in [6.45, 7) is 10.2. The highest BCUT2D eigenvalue weighted by Crippen LogP contribution is 2.42. The minimum Gasteiger partial charge on any atom is -0.536 e. The van der Waals surface area contributed by atoms with Crippen molar-refractivity contribution in [2.45, 2.75) is 165 Å². The van der Waals surface area contributed by atoms with Crippen molar-refractivity contribution < 1.29 is 141 Å². The van der Waals surface area contributed by atoms with Crippen LogP contribution >= 0.6 is 22.7 Å². The molecule has 4 saturated heterocycles. The average Bonchev–Trinajstić information content (AvgIpc) is 1.55. The molecule has 10 atom stereocenters. The largest absolute Gasteiger partial charge is 0.536 e. The van der Waals surface area contributed by atoms with Crippen LogP contribution in [0.2, 0.25) is 23.3 Å². The van der Waals surface area contributed by atoms with Gasteiger partial charge in [0.05, 0.1) is 48.8 Å². The molecule has 4 aromatic carbocycles. The SMILES string of the molecule is CC(=O)c1cccc2c1OB(O)[C@@H](CC(=O)C(NC(=O)N1CCC(CN)CC1)c1csc(N)n1)C2.CC(=O)c1cccc2c1OB(O)[C@@H](CC(=O)C(NC(=O)N1CCN(O)C(=O)C1=O)c1csc(N)n1)C2.CCN1CCN(C(=O)N[C@@H](C(=O)C[C@H]2Cc3cccc(C)c3OB2O)[C@H](O)CO)C(=O)C1=O.CCN1CCN(C(=O)N[C@H](C(=O)C[C@H]2Cc3cccc(C)c3OB2O)[C@H](O)CO)C(=O)C1=O. The first-order valence-corrected chi connectivity index (χ1v) is 46.1. The molecule has 8 aliphatic heterocycles. The molecule has 0 spiro atoms. The number of fused-ring (bicyclic) bond motifs is 4. The summed E-state index contributed by atoms with van der Waals surface area (Å²) in [5.41, 5.74) is 23.2. The van der Waals surface area contributed by atoms with Gasteiger partial charge >= 0.3 is 88.0 Å². The number of para-hydroxylation sites is 4. The number of aliphatic hydroxyl groups excluding tert-OH is 4. The Morgan fingerprint density at radius 3 is 1.12 bits per heavy atom. The smallest absolute Gasteiger partial charge is 0.526 e. The van der Waals surface area contributed by atoms with Crippen LogP contribution in [0, 0.1) is 19.8 Å². The van der Waals surface area contributed by atoms with Gasteiger partial charge in [0.25, 0.3) is 0 Å². The van der Waals surface area contributed by atoms with E-state index in [4.69, 9.17) is 35.8 Å². The molecule has 2 unspecified atom stereocenters. The summed E-state index contributed by atoms with van der Waals surface area (Å²) < 4.78 is 22.4. The summed E-state index contributed by atoms with van der Waals surface area (Å²) in [6.07, 6.45) is -1.19. The number of piperazine rings is 3. The summed E-state index contributed by atoms with van der Waals surface area (Å²) in [5.74, 6) is -9.22. The van der Waals surface area contributed by atoms with Crippen LogP contribution in [0.25, 0.3) is 0 Å². The molecule has 19 N–H and O–H groups in total. The van der Waals surface area contributed by atoms with Gasteiger partial charge in [-0.05, 0) is 138 Å². The number of hydroxylamine groups is 2. The van der Waals surface area contributed by atoms with Crippen molar-refractivity contribution >= 4 is 156 Å². The van der Waals surface area contributed by atoms with E-state index >= 15 is 0 Å². The maximum absolute atomic E-state index is 13.4. The number of likely N-dealkylation sites (tertiary alicyclic amines) is 1. The van der Waals surface area contributed by atoms with E-state index in [0.717, 1.165) is 52.0 Å². The monoisotopic (exact) mass is 1940 g/mol. The molecule has 14 rings (SSSR count). The van der Waals surface area contributed by atoms with Gasteiger partial charge in [-0.2, -0.15) is 0 Å². The number of aryl methyl sites for hydroxylation is 2. The number of piperidine rings is 1. The van der Waals surface area contributed by atoms with E-state index < -0.39 is 172 Å². The van der Waals surface area contributed by atoms with Gasteiger partial charge in [-0.1, -0.05) is 60.7 Å². The molecular formula is C86H108B4N16O29S2. The molecule has 51 heteroatoms. The number of benzene rings is 4. The Morgan fingerprint density at radius 2 is 0.781 bits per heavy atom. The normalized spacial score (nSPS) is 19.4. The predicted molar refractivity (Wildman–Crippen MR) is 491 cm³/mol. The van der Waals surface area contributed by atoms with Gasteiger partial charge in [-0.15, -0.1) is 22.7 Å². The highest BCUT2D eigenvalue weighted by atomic mass is 32.1. The Labute approximate surface area is 794 Å². The number of aliphatic hydroxyl groups is 4. The van der Waals surface area contributed by atoms with Crippen molar-refractivity contribution in [1.82, 2.24) is 65.7 Å². The number of carbonyl (C=O) groups excluding carboxylic acids is 16. The van der Waals surface area contributed by atoms with E-state index in [1.165, 1.54) is 40.4 Å². The fourth-order valence-corrected chi connectivity index (χ4v) is 18.1. The number of nitrogen functional groups attached to an aromatic ring is 2. The summed E-state index contributed by atoms with van der Waals surface area (Å²) in [7, 11) is -5.20. The lowest BCUT2D eigenvalue weighted by molar-refractivity contribution is -0.180. The van der Waals surface area contributed by atoms with Crippen molar-refractivity contribution in [3.63, 3.8) is 0 Å². The predicted octanol–water partition coefficient (Wildman–Crippen LogP) is -0.298. The highest BCUT2D eigenvalue weighted by Gasteiger charge is 2.48. The van der Waals surface area contributed by atoms with Gasteiger partial charge in [0.2, 0.25) is 0 Å². The van der Waals surface area contributed by atoms with Crippen LogP contribution in [-0.4, -0.2) is 322 Å². The number of aromatic nitrogens is 2. The summed E-state index contributed by atoms with van der Waals surface area (Å²) >= 11 is 2.23. The maximum atomic E-state index is 13.4. The van der Waals surface area contributed by atoms with Crippen LogP contribution < -0.4 is 57.1 Å². The number of nitrogens with two attached hydrogens (primary N) is 3.